The van der Waals surface area contributed by atoms with Gasteiger partial charge >= 0.3 is 11.9 Å². The average Bonchev–Trinajstić information content (AvgIpc) is 3.38. The van der Waals surface area contributed by atoms with E-state index < -0.39 is 11.9 Å². The lowest BCUT2D eigenvalue weighted by Gasteiger charge is -2.26. The van der Waals surface area contributed by atoms with Crippen LogP contribution in [0.25, 0.3) is 45.8 Å². The van der Waals surface area contributed by atoms with E-state index in [4.69, 9.17) is 9.47 Å². The Balaban J connectivity index is 1.00. The number of rotatable bonds is 14. The zero-order chi connectivity index (χ0) is 47.0. The Labute approximate surface area is 397 Å². The van der Waals surface area contributed by atoms with Crippen molar-refractivity contribution in [2.75, 3.05) is 9.80 Å². The number of ether oxygens (including phenoxy) is 2. The lowest BCUT2D eigenvalue weighted by molar-refractivity contribution is -0.129. The molecular weight excluding hydrogens is 837 g/mol. The molecule has 0 aliphatic carbocycles. The molecule has 0 spiro atoms. The van der Waals surface area contributed by atoms with E-state index >= 15 is 0 Å². The van der Waals surface area contributed by atoms with Gasteiger partial charge in [-0.05, 0) is 155 Å². The van der Waals surface area contributed by atoms with Gasteiger partial charge in [-0.1, -0.05) is 146 Å². The van der Waals surface area contributed by atoms with Gasteiger partial charge < -0.3 is 19.3 Å². The SMILES string of the molecule is C=CC(=O)Oc1ccc(N(c2ccc(C)cc2)c2ccc(C=Cc3c4ccccc4c(C=Cc4ccc(N(c5ccc(C)cc5)c5ccc(OC(=O)C=C)cc5)cc4)c4ccccc34)cc2)cc1. The van der Waals surface area contributed by atoms with E-state index in [0.29, 0.717) is 11.5 Å². The van der Waals surface area contributed by atoms with Crippen LogP contribution in [0.4, 0.5) is 34.1 Å². The summed E-state index contributed by atoms with van der Waals surface area (Å²) in [5, 5.41) is 4.67. The lowest BCUT2D eigenvalue weighted by atomic mass is 9.91. The molecule has 0 saturated carbocycles. The Morgan fingerprint density at radius 2 is 0.632 bits per heavy atom. The van der Waals surface area contributed by atoms with Crippen molar-refractivity contribution in [2.45, 2.75) is 13.8 Å². The molecule has 0 saturated heterocycles. The number of hydrogen-bond acceptors (Lipinski definition) is 6. The molecule has 330 valence electrons. The molecule has 0 aliphatic heterocycles. The molecule has 9 aromatic rings. The molecule has 6 nitrogen and oxygen atoms in total. The fourth-order valence-electron chi connectivity index (χ4n) is 8.31. The van der Waals surface area contributed by atoms with Gasteiger partial charge in [-0.25, -0.2) is 9.59 Å². The maximum absolute atomic E-state index is 11.8. The summed E-state index contributed by atoms with van der Waals surface area (Å²) < 4.78 is 10.7. The first-order valence-corrected chi connectivity index (χ1v) is 22.4. The van der Waals surface area contributed by atoms with Gasteiger partial charge in [0.15, 0.2) is 0 Å². The van der Waals surface area contributed by atoms with Crippen LogP contribution in [0, 0.1) is 13.8 Å². The molecule has 0 atom stereocenters. The number of nitrogens with zero attached hydrogens (tertiary/aromatic N) is 2. The largest absolute Gasteiger partial charge is 0.423 e. The second kappa shape index (κ2) is 20.0. The molecule has 0 fully saturated rings. The van der Waals surface area contributed by atoms with E-state index in [0.717, 1.165) is 68.5 Å². The van der Waals surface area contributed by atoms with Crippen molar-refractivity contribution in [3.63, 3.8) is 0 Å². The van der Waals surface area contributed by atoms with E-state index in [-0.39, 0.29) is 0 Å². The summed E-state index contributed by atoms with van der Waals surface area (Å²) in [6.45, 7) is 11.2. The molecule has 0 amide bonds. The van der Waals surface area contributed by atoms with Gasteiger partial charge in [-0.15, -0.1) is 0 Å². The van der Waals surface area contributed by atoms with Crippen LogP contribution < -0.4 is 19.3 Å². The van der Waals surface area contributed by atoms with Gasteiger partial charge in [0.2, 0.25) is 0 Å². The van der Waals surface area contributed by atoms with Crippen molar-refractivity contribution in [1.82, 2.24) is 0 Å². The molecule has 9 aromatic carbocycles. The second-order valence-electron chi connectivity index (χ2n) is 16.3. The minimum atomic E-state index is -0.496. The van der Waals surface area contributed by atoms with E-state index in [9.17, 15) is 9.59 Å². The van der Waals surface area contributed by atoms with Crippen molar-refractivity contribution in [3.8, 4) is 11.5 Å². The van der Waals surface area contributed by atoms with Crippen LogP contribution in [-0.4, -0.2) is 11.9 Å². The summed E-state index contributed by atoms with van der Waals surface area (Å²) in [6, 6.07) is 66.1. The number of carbonyl (C=O) groups excluding carboxylic acids is 2. The number of benzene rings is 9. The Bertz CT molecular complexity index is 3050. The molecular formula is C62H48N2O4. The van der Waals surface area contributed by atoms with Gasteiger partial charge in [0, 0.05) is 46.3 Å². The summed E-state index contributed by atoms with van der Waals surface area (Å²) in [5.74, 6) is -0.0824. The topological polar surface area (TPSA) is 59.1 Å². The number of carbonyl (C=O) groups is 2. The summed E-state index contributed by atoms with van der Waals surface area (Å²) >= 11 is 0. The lowest BCUT2D eigenvalue weighted by Crippen LogP contribution is -2.10. The number of fused-ring (bicyclic) bond motifs is 2. The number of anilines is 6. The Kier molecular flexibility index (Phi) is 13.0. The van der Waals surface area contributed by atoms with Gasteiger partial charge in [0.05, 0.1) is 0 Å². The van der Waals surface area contributed by atoms with Crippen LogP contribution in [0.2, 0.25) is 0 Å². The first kappa shape index (κ1) is 44.2. The third kappa shape index (κ3) is 9.81. The van der Waals surface area contributed by atoms with Crippen LogP contribution in [0.3, 0.4) is 0 Å². The molecule has 6 heteroatoms. The van der Waals surface area contributed by atoms with E-state index in [1.165, 1.54) is 32.7 Å². The third-order valence-corrected chi connectivity index (χ3v) is 11.7. The molecule has 68 heavy (non-hydrogen) atoms. The van der Waals surface area contributed by atoms with Crippen LogP contribution in [0.5, 0.6) is 11.5 Å². The van der Waals surface area contributed by atoms with Crippen molar-refractivity contribution in [2.24, 2.45) is 0 Å². The minimum absolute atomic E-state index is 0.455. The summed E-state index contributed by atoms with van der Waals surface area (Å²) in [7, 11) is 0. The number of aryl methyl sites for hydroxylation is 2. The Morgan fingerprint density at radius 3 is 0.912 bits per heavy atom. The molecule has 0 heterocycles. The second-order valence-corrected chi connectivity index (χ2v) is 16.3. The van der Waals surface area contributed by atoms with Gasteiger partial charge in [0.1, 0.15) is 11.5 Å². The highest BCUT2D eigenvalue weighted by Crippen LogP contribution is 2.39. The Morgan fingerprint density at radius 1 is 0.368 bits per heavy atom. The predicted molar refractivity (Wildman–Crippen MR) is 283 cm³/mol. The van der Waals surface area contributed by atoms with Crippen molar-refractivity contribution in [1.29, 1.82) is 0 Å². The smallest absolute Gasteiger partial charge is 0.335 e. The van der Waals surface area contributed by atoms with E-state index in [1.807, 2.05) is 24.3 Å². The number of hydrogen-bond donors (Lipinski definition) is 0. The summed E-state index contributed by atoms with van der Waals surface area (Å²) in [5.41, 5.74) is 12.7. The van der Waals surface area contributed by atoms with Gasteiger partial charge in [-0.2, -0.15) is 0 Å². The molecule has 0 N–H and O–H groups in total. The van der Waals surface area contributed by atoms with E-state index in [2.05, 4.69) is 207 Å². The fraction of sp³-hybridized carbons (Fsp3) is 0.0323. The van der Waals surface area contributed by atoms with Crippen molar-refractivity contribution < 1.29 is 19.1 Å². The summed E-state index contributed by atoms with van der Waals surface area (Å²) in [4.78, 5) is 28.0. The van der Waals surface area contributed by atoms with Crippen molar-refractivity contribution in [3.05, 3.63) is 253 Å². The summed E-state index contributed by atoms with van der Waals surface area (Å²) in [6.07, 6.45) is 11.1. The molecule has 9 rings (SSSR count). The van der Waals surface area contributed by atoms with E-state index in [1.54, 1.807) is 24.3 Å². The van der Waals surface area contributed by atoms with Gasteiger partial charge in [0.25, 0.3) is 0 Å². The first-order chi connectivity index (χ1) is 33.2. The normalized spacial score (nSPS) is 11.2. The third-order valence-electron chi connectivity index (χ3n) is 11.7. The highest BCUT2D eigenvalue weighted by atomic mass is 16.5. The monoisotopic (exact) mass is 884 g/mol. The molecule has 0 aliphatic rings. The first-order valence-electron chi connectivity index (χ1n) is 22.4. The Hall–Kier alpha value is -9.00. The van der Waals surface area contributed by atoms with Crippen LogP contribution >= 0.6 is 0 Å². The highest BCUT2D eigenvalue weighted by Gasteiger charge is 2.16. The van der Waals surface area contributed by atoms with Crippen LogP contribution in [-0.2, 0) is 9.59 Å². The van der Waals surface area contributed by atoms with Crippen LogP contribution in [0.1, 0.15) is 33.4 Å². The molecule has 0 radical (unpaired) electrons. The highest BCUT2D eigenvalue weighted by molar-refractivity contribution is 6.14. The van der Waals surface area contributed by atoms with Gasteiger partial charge in [-0.3, -0.25) is 0 Å². The quantitative estimate of drug-likeness (QED) is 0.0356. The minimum Gasteiger partial charge on any atom is -0.423 e. The maximum atomic E-state index is 11.8. The average molecular weight is 885 g/mol. The molecule has 0 unspecified atom stereocenters. The standard InChI is InChI=1S/C62H48N2O4/c1-5-61(65)67-53-37-33-51(34-38-53)63(47-25-15-43(3)16-26-47)49-29-19-45(20-30-49)23-41-59-55-11-7-9-13-57(55)60(58-14-10-8-12-56(58)59)42-24-46-21-31-50(32-22-46)64(48-27-17-44(4)18-28-48)52-35-39-54(40-36-52)68-62(66)6-2/h5-42H,1-2H2,3-4H3. The zero-order valence-electron chi connectivity index (χ0n) is 37.9. The number of esters is 2. The fourth-order valence-corrected chi connectivity index (χ4v) is 8.31. The van der Waals surface area contributed by atoms with Crippen LogP contribution in [0.15, 0.2) is 219 Å². The predicted octanol–water partition coefficient (Wildman–Crippen LogP) is 16.1. The molecule has 0 bridgehead atoms. The van der Waals surface area contributed by atoms with Crippen molar-refractivity contribution >= 4 is 91.9 Å². The zero-order valence-corrected chi connectivity index (χ0v) is 37.9. The maximum Gasteiger partial charge on any atom is 0.335 e. The molecule has 0 aromatic heterocycles.